The molecule has 0 bridgehead atoms. The summed E-state index contributed by atoms with van der Waals surface area (Å²) in [5, 5.41) is 0. The van der Waals surface area contributed by atoms with Crippen LogP contribution in [0.2, 0.25) is 0 Å². The van der Waals surface area contributed by atoms with Crippen LogP contribution in [0.15, 0.2) is 109 Å². The number of hydrogen-bond donors (Lipinski definition) is 0. The monoisotopic (exact) mass is 900 g/mol. The Labute approximate surface area is 355 Å². The van der Waals surface area contributed by atoms with Crippen LogP contribution in [0.1, 0.15) is 86.1 Å². The van der Waals surface area contributed by atoms with Gasteiger partial charge in [0.25, 0.3) is 0 Å². The van der Waals surface area contributed by atoms with E-state index in [1.165, 1.54) is 57.6 Å². The fourth-order valence-corrected chi connectivity index (χ4v) is 6.69. The molecule has 0 amide bonds. The minimum Gasteiger partial charge on any atom is -1.00 e. The summed E-state index contributed by atoms with van der Waals surface area (Å²) in [7, 11) is 0. The van der Waals surface area contributed by atoms with E-state index in [1.807, 2.05) is 66.7 Å². The van der Waals surface area contributed by atoms with Gasteiger partial charge in [0.2, 0.25) is 0 Å². The molecule has 0 N–H and O–H groups in total. The average molecular weight is 906 g/mol. The van der Waals surface area contributed by atoms with Gasteiger partial charge in [0.15, 0.2) is 0 Å². The molecule has 1 aliphatic rings. The van der Waals surface area contributed by atoms with Crippen molar-refractivity contribution in [3.05, 3.63) is 160 Å². The molecular formula is C41H38Cl8Zr-2. The van der Waals surface area contributed by atoms with Gasteiger partial charge in [0, 0.05) is 0 Å². The first-order valence-electron chi connectivity index (χ1n) is 15.5. The third kappa shape index (κ3) is 12.4. The van der Waals surface area contributed by atoms with E-state index in [-0.39, 0.29) is 35.6 Å². The third-order valence-electron chi connectivity index (χ3n) is 7.98. The Hall–Kier alpha value is -0.697. The summed E-state index contributed by atoms with van der Waals surface area (Å²) in [5.74, 6) is 0. The van der Waals surface area contributed by atoms with Gasteiger partial charge < -0.3 is 24.8 Å². The van der Waals surface area contributed by atoms with Crippen molar-refractivity contribution in [1.29, 1.82) is 0 Å². The number of rotatable bonds is 2. The van der Waals surface area contributed by atoms with Crippen molar-refractivity contribution in [3.8, 4) is 11.1 Å². The van der Waals surface area contributed by atoms with E-state index in [0.29, 0.717) is 11.1 Å². The van der Waals surface area contributed by atoms with Gasteiger partial charge in [-0.3, -0.25) is 0 Å². The van der Waals surface area contributed by atoms with Crippen LogP contribution >= 0.6 is 69.6 Å². The Morgan fingerprint density at radius 3 is 1.52 bits per heavy atom. The molecule has 5 aromatic rings. The molecule has 0 atom stereocenters. The van der Waals surface area contributed by atoms with Crippen LogP contribution in [0, 0.1) is 6.07 Å². The number of halogens is 8. The molecule has 9 heteroatoms. The van der Waals surface area contributed by atoms with Gasteiger partial charge in [-0.1, -0.05) is 65.3 Å². The summed E-state index contributed by atoms with van der Waals surface area (Å²) >= 11 is 36.9. The van der Waals surface area contributed by atoms with E-state index >= 15 is 0 Å². The topological polar surface area (TPSA) is 0 Å². The molecular weight excluding hydrogens is 867 g/mol. The molecule has 50 heavy (non-hydrogen) atoms. The van der Waals surface area contributed by atoms with Crippen LogP contribution in [0.5, 0.6) is 0 Å². The molecule has 6 rings (SSSR count). The van der Waals surface area contributed by atoms with E-state index in [4.69, 9.17) is 69.6 Å². The van der Waals surface area contributed by atoms with Crippen molar-refractivity contribution in [2.45, 2.75) is 66.4 Å². The molecule has 0 aliphatic heterocycles. The predicted octanol–water partition coefficient (Wildman–Crippen LogP) is 7.52. The zero-order chi connectivity index (χ0) is 35.5. The number of benzene rings is 4. The molecule has 0 saturated carbocycles. The quantitative estimate of drug-likeness (QED) is 0.125. The molecule has 0 unspecified atom stereocenters. The van der Waals surface area contributed by atoms with Gasteiger partial charge in [-0.05, 0) is 28.4 Å². The van der Waals surface area contributed by atoms with Crippen LogP contribution < -0.4 is 24.8 Å². The van der Waals surface area contributed by atoms with Crippen molar-refractivity contribution < 1.29 is 49.0 Å². The molecule has 0 fully saturated rings. The summed E-state index contributed by atoms with van der Waals surface area (Å²) < 4.78 is -1.82. The Balaban J connectivity index is 0.000000293. The SMILES string of the molecule is CC(C)(C)c1[c-]c2c(cc1)-c1ccc(C(C)(C)C)cc1C2.ClC(Cl)(Cl)c1cccc([C](=[Zr+2])c2cccc(C(Cl)(Cl)Cl)c2)c1.[Cl-].[Cl-].c1cc[cH-]c1. The molecule has 0 nitrogen and oxygen atoms in total. The zero-order valence-electron chi connectivity index (χ0n) is 28.6. The first kappa shape index (κ1) is 45.5. The summed E-state index contributed by atoms with van der Waals surface area (Å²) in [6.45, 7) is 13.6. The van der Waals surface area contributed by atoms with Gasteiger partial charge in [-0.25, -0.2) is 12.1 Å². The van der Waals surface area contributed by atoms with Gasteiger partial charge in [0.1, 0.15) is 0 Å². The summed E-state index contributed by atoms with van der Waals surface area (Å²) in [6.07, 6.45) is 1.03. The van der Waals surface area contributed by atoms with Crippen molar-refractivity contribution in [1.82, 2.24) is 0 Å². The second-order valence-electron chi connectivity index (χ2n) is 13.8. The fourth-order valence-electron chi connectivity index (χ4n) is 5.22. The van der Waals surface area contributed by atoms with E-state index in [1.54, 1.807) is 12.1 Å². The van der Waals surface area contributed by atoms with E-state index in [9.17, 15) is 0 Å². The number of fused-ring (bicyclic) bond motifs is 3. The Bertz CT molecular complexity index is 1710. The molecule has 0 spiro atoms. The maximum Gasteiger partial charge on any atom is -0.172 e. The normalized spacial score (nSPS) is 12.1. The first-order valence-corrected chi connectivity index (χ1v) is 19.0. The molecule has 0 radical (unpaired) electrons. The number of alkyl halides is 6. The Morgan fingerprint density at radius 2 is 1.10 bits per heavy atom. The van der Waals surface area contributed by atoms with Crippen molar-refractivity contribution in [3.63, 3.8) is 0 Å². The maximum absolute atomic E-state index is 5.94. The number of hydrogen-bond acceptors (Lipinski definition) is 0. The van der Waals surface area contributed by atoms with Crippen LogP contribution in [0.4, 0.5) is 0 Å². The van der Waals surface area contributed by atoms with Crippen LogP contribution in [0.3, 0.4) is 0 Å². The molecule has 0 saturated heterocycles. The molecule has 5 aromatic carbocycles. The Kier molecular flexibility index (Phi) is 16.9. The summed E-state index contributed by atoms with van der Waals surface area (Å²) in [4.78, 5) is 0. The van der Waals surface area contributed by atoms with Gasteiger partial charge in [0.05, 0.1) is 0 Å². The van der Waals surface area contributed by atoms with Crippen molar-refractivity contribution in [2.24, 2.45) is 0 Å². The van der Waals surface area contributed by atoms with Crippen molar-refractivity contribution in [2.75, 3.05) is 0 Å². The largest absolute Gasteiger partial charge is 1.00 e. The van der Waals surface area contributed by atoms with Gasteiger partial charge in [-0.2, -0.15) is 42.0 Å². The molecule has 0 aromatic heterocycles. The molecule has 1 aliphatic carbocycles. The smallest absolute Gasteiger partial charge is 0.172 e. The molecule has 0 heterocycles. The van der Waals surface area contributed by atoms with Crippen LogP contribution in [0.25, 0.3) is 11.1 Å². The van der Waals surface area contributed by atoms with Crippen molar-refractivity contribution >= 4 is 72.8 Å². The van der Waals surface area contributed by atoms with E-state index in [2.05, 4.69) is 77.9 Å². The minimum absolute atomic E-state index is 0. The van der Waals surface area contributed by atoms with Crippen LogP contribution in [-0.4, -0.2) is 3.21 Å². The zero-order valence-corrected chi connectivity index (χ0v) is 37.1. The summed E-state index contributed by atoms with van der Waals surface area (Å²) in [6, 6.07) is 40.1. The first-order chi connectivity index (χ1) is 22.2. The summed E-state index contributed by atoms with van der Waals surface area (Å²) in [5.41, 5.74) is 11.9. The predicted molar refractivity (Wildman–Crippen MR) is 208 cm³/mol. The Morgan fingerprint density at radius 1 is 0.600 bits per heavy atom. The second-order valence-corrected chi connectivity index (χ2v) is 19.6. The average Bonchev–Trinajstić information content (AvgIpc) is 3.71. The fraction of sp³-hybridized carbons (Fsp3) is 0.268. The molecule has 264 valence electrons. The van der Waals surface area contributed by atoms with E-state index < -0.39 is 7.59 Å². The van der Waals surface area contributed by atoms with Gasteiger partial charge in [-0.15, -0.1) is 11.1 Å². The third-order valence-corrected chi connectivity index (χ3v) is 10.7. The second kappa shape index (κ2) is 18.6. The standard InChI is InChI=1S/C21H25.C15H8Cl6.C5H5.2ClH.Zr/c1-20(2,3)16-7-9-18-14(12-16)11-15-13-17(21(4,5)6)8-10-19(15)18;16-14(17,18)12-5-1-3-10(8-12)7-11-4-2-6-13(9-11)15(19,20)21;1-2-4-5-3-1;;;/h7-10,12H,11H2,1-6H3;1-6,8-9H;1-5H;2*1H;/q-1;;-1;;;+2/p-2. The van der Waals surface area contributed by atoms with E-state index in [0.717, 1.165) is 20.8 Å². The van der Waals surface area contributed by atoms with Gasteiger partial charge >= 0.3 is 175 Å². The van der Waals surface area contributed by atoms with Crippen LogP contribution in [-0.2, 0) is 49.1 Å². The minimum atomic E-state index is -1.45. The maximum atomic E-state index is 5.94.